The number of sulfonamides is 1. The fourth-order valence-corrected chi connectivity index (χ4v) is 5.24. The zero-order valence-corrected chi connectivity index (χ0v) is 14.7. The van der Waals surface area contributed by atoms with E-state index in [1.54, 1.807) is 6.07 Å². The molecule has 0 spiro atoms. The first kappa shape index (κ1) is 16.9. The highest BCUT2D eigenvalue weighted by atomic mass is 32.2. The third-order valence-electron chi connectivity index (χ3n) is 3.87. The molecule has 1 fully saturated rings. The van der Waals surface area contributed by atoms with Crippen molar-refractivity contribution < 1.29 is 8.42 Å². The van der Waals surface area contributed by atoms with Gasteiger partial charge < -0.3 is 5.32 Å². The molecule has 0 aliphatic heterocycles. The Hall–Kier alpha value is -0.430. The summed E-state index contributed by atoms with van der Waals surface area (Å²) in [5, 5.41) is 5.23. The lowest BCUT2D eigenvalue weighted by atomic mass is 9.88. The van der Waals surface area contributed by atoms with Gasteiger partial charge in [-0.25, -0.2) is 13.1 Å². The van der Waals surface area contributed by atoms with Gasteiger partial charge >= 0.3 is 0 Å². The largest absolute Gasteiger partial charge is 0.310 e. The normalized spacial score (nSPS) is 23.6. The van der Waals surface area contributed by atoms with Crippen LogP contribution in [0.3, 0.4) is 0 Å². The molecule has 0 radical (unpaired) electrons. The summed E-state index contributed by atoms with van der Waals surface area (Å²) in [6.45, 7) is 7.07. The van der Waals surface area contributed by atoms with Crippen molar-refractivity contribution in [1.29, 1.82) is 0 Å². The van der Waals surface area contributed by atoms with E-state index >= 15 is 0 Å². The molecule has 0 saturated heterocycles. The van der Waals surface area contributed by atoms with E-state index in [-0.39, 0.29) is 6.04 Å². The molecule has 6 heteroatoms. The van der Waals surface area contributed by atoms with Crippen molar-refractivity contribution in [3.63, 3.8) is 0 Å². The zero-order valence-electron chi connectivity index (χ0n) is 13.1. The Morgan fingerprint density at radius 2 is 2.14 bits per heavy atom. The van der Waals surface area contributed by atoms with Gasteiger partial charge in [0.2, 0.25) is 10.0 Å². The van der Waals surface area contributed by atoms with Crippen LogP contribution in [0.5, 0.6) is 0 Å². The van der Waals surface area contributed by atoms with Crippen molar-refractivity contribution in [3.05, 3.63) is 17.0 Å². The topological polar surface area (TPSA) is 58.2 Å². The van der Waals surface area contributed by atoms with Gasteiger partial charge in [-0.3, -0.25) is 0 Å². The molecule has 0 bridgehead atoms. The van der Waals surface area contributed by atoms with Crippen LogP contribution in [0, 0.1) is 5.92 Å². The Morgan fingerprint density at radius 3 is 2.81 bits per heavy atom. The zero-order chi connectivity index (χ0) is 15.5. The molecular weight excluding hydrogens is 304 g/mol. The van der Waals surface area contributed by atoms with Crippen LogP contribution in [0.2, 0.25) is 0 Å². The smallest absolute Gasteiger partial charge is 0.250 e. The van der Waals surface area contributed by atoms with E-state index in [4.69, 9.17) is 0 Å². The minimum atomic E-state index is -3.36. The monoisotopic (exact) mass is 330 g/mol. The van der Waals surface area contributed by atoms with Gasteiger partial charge in [0.05, 0.1) is 0 Å². The molecule has 0 amide bonds. The third kappa shape index (κ3) is 5.06. The van der Waals surface area contributed by atoms with E-state index in [0.29, 0.717) is 22.7 Å². The standard InChI is InChI=1S/C15H26N2O2S2/c1-11(2)16-9-13-8-15(20-10-13)21(18,19)17-14-6-4-5-12(3)7-14/h8,10-12,14,16-17H,4-7,9H2,1-3H3. The molecule has 2 atom stereocenters. The second kappa shape index (κ2) is 7.22. The van der Waals surface area contributed by atoms with Gasteiger partial charge in [0.25, 0.3) is 0 Å². The van der Waals surface area contributed by atoms with Gasteiger partial charge in [0, 0.05) is 18.6 Å². The van der Waals surface area contributed by atoms with E-state index in [9.17, 15) is 8.42 Å². The van der Waals surface area contributed by atoms with Crippen LogP contribution in [0.1, 0.15) is 52.0 Å². The molecule has 1 aliphatic rings. The van der Waals surface area contributed by atoms with Crippen molar-refractivity contribution in [2.45, 2.75) is 69.3 Å². The highest BCUT2D eigenvalue weighted by Crippen LogP contribution is 2.26. The Bertz CT molecular complexity index is 552. The van der Waals surface area contributed by atoms with Crippen LogP contribution < -0.4 is 10.0 Å². The van der Waals surface area contributed by atoms with Crippen molar-refractivity contribution in [2.75, 3.05) is 0 Å². The van der Waals surface area contributed by atoms with Crippen LogP contribution in [-0.2, 0) is 16.6 Å². The van der Waals surface area contributed by atoms with E-state index in [0.717, 1.165) is 24.8 Å². The molecule has 2 rings (SSSR count). The van der Waals surface area contributed by atoms with E-state index < -0.39 is 10.0 Å². The summed E-state index contributed by atoms with van der Waals surface area (Å²) < 4.78 is 28.2. The van der Waals surface area contributed by atoms with Crippen molar-refractivity contribution >= 4 is 21.4 Å². The summed E-state index contributed by atoms with van der Waals surface area (Å²) in [5.41, 5.74) is 1.03. The van der Waals surface area contributed by atoms with E-state index in [2.05, 4.69) is 30.8 Å². The van der Waals surface area contributed by atoms with Crippen LogP contribution in [0.25, 0.3) is 0 Å². The summed E-state index contributed by atoms with van der Waals surface area (Å²) in [6.07, 6.45) is 4.23. The summed E-state index contributed by atoms with van der Waals surface area (Å²) >= 11 is 1.31. The highest BCUT2D eigenvalue weighted by molar-refractivity contribution is 7.91. The van der Waals surface area contributed by atoms with Crippen molar-refractivity contribution in [3.8, 4) is 0 Å². The summed E-state index contributed by atoms with van der Waals surface area (Å²) in [5.74, 6) is 0.612. The maximum atomic E-state index is 12.4. The molecule has 21 heavy (non-hydrogen) atoms. The Balaban J connectivity index is 1.98. The third-order valence-corrected chi connectivity index (χ3v) is 6.88. The lowest BCUT2D eigenvalue weighted by Gasteiger charge is -2.26. The van der Waals surface area contributed by atoms with Gasteiger partial charge in [-0.05, 0) is 35.8 Å². The molecule has 0 aromatic carbocycles. The van der Waals surface area contributed by atoms with Gasteiger partial charge in [-0.15, -0.1) is 11.3 Å². The molecule has 2 unspecified atom stereocenters. The van der Waals surface area contributed by atoms with Gasteiger partial charge in [-0.1, -0.05) is 33.6 Å². The summed E-state index contributed by atoms with van der Waals surface area (Å²) in [4.78, 5) is 0. The number of hydrogen-bond donors (Lipinski definition) is 2. The van der Waals surface area contributed by atoms with Crippen molar-refractivity contribution in [1.82, 2.24) is 10.0 Å². The van der Waals surface area contributed by atoms with Crippen LogP contribution >= 0.6 is 11.3 Å². The first-order chi connectivity index (χ1) is 9.87. The second-order valence-corrected chi connectivity index (χ2v) is 9.25. The summed E-state index contributed by atoms with van der Waals surface area (Å²) in [7, 11) is -3.36. The van der Waals surface area contributed by atoms with E-state index in [1.807, 2.05) is 5.38 Å². The predicted octanol–water partition coefficient (Wildman–Crippen LogP) is 3.10. The average Bonchev–Trinajstić information content (AvgIpc) is 2.85. The average molecular weight is 331 g/mol. The molecule has 4 nitrogen and oxygen atoms in total. The minimum absolute atomic E-state index is 0.0955. The Kier molecular flexibility index (Phi) is 5.82. The highest BCUT2D eigenvalue weighted by Gasteiger charge is 2.25. The Morgan fingerprint density at radius 1 is 1.38 bits per heavy atom. The molecular formula is C15H26N2O2S2. The fourth-order valence-electron chi connectivity index (χ4n) is 2.73. The molecule has 1 aromatic rings. The maximum Gasteiger partial charge on any atom is 0.250 e. The molecule has 2 N–H and O–H groups in total. The molecule has 1 heterocycles. The number of nitrogens with one attached hydrogen (secondary N) is 2. The maximum absolute atomic E-state index is 12.4. The first-order valence-electron chi connectivity index (χ1n) is 7.70. The quantitative estimate of drug-likeness (QED) is 0.842. The molecule has 1 aromatic heterocycles. The Labute approximate surface area is 132 Å². The fraction of sp³-hybridized carbons (Fsp3) is 0.733. The second-order valence-electron chi connectivity index (χ2n) is 6.40. The number of hydrogen-bond acceptors (Lipinski definition) is 4. The number of thiophene rings is 1. The SMILES string of the molecule is CC1CCCC(NS(=O)(=O)c2cc(CNC(C)C)cs2)C1. The van der Waals surface area contributed by atoms with Crippen molar-refractivity contribution in [2.24, 2.45) is 5.92 Å². The van der Waals surface area contributed by atoms with Gasteiger partial charge in [0.15, 0.2) is 0 Å². The predicted molar refractivity (Wildman–Crippen MR) is 88.0 cm³/mol. The first-order valence-corrected chi connectivity index (χ1v) is 10.1. The van der Waals surface area contributed by atoms with E-state index in [1.165, 1.54) is 17.8 Å². The molecule has 1 aliphatic carbocycles. The van der Waals surface area contributed by atoms with Gasteiger partial charge in [-0.2, -0.15) is 0 Å². The minimum Gasteiger partial charge on any atom is -0.310 e. The van der Waals surface area contributed by atoms with Gasteiger partial charge in [0.1, 0.15) is 4.21 Å². The van der Waals surface area contributed by atoms with Crippen LogP contribution in [0.4, 0.5) is 0 Å². The molecule has 120 valence electrons. The molecule has 1 saturated carbocycles. The lowest BCUT2D eigenvalue weighted by molar-refractivity contribution is 0.327. The van der Waals surface area contributed by atoms with Crippen LogP contribution in [0.15, 0.2) is 15.7 Å². The lowest BCUT2D eigenvalue weighted by Crippen LogP contribution is -2.37. The van der Waals surface area contributed by atoms with Crippen LogP contribution in [-0.4, -0.2) is 20.5 Å². The summed E-state index contributed by atoms with van der Waals surface area (Å²) in [6, 6.07) is 2.28. The number of rotatable bonds is 6.